The molecule has 0 aliphatic rings. The Balaban J connectivity index is 1.48. The van der Waals surface area contributed by atoms with E-state index in [-0.39, 0.29) is 5.41 Å². The second-order valence-electron chi connectivity index (χ2n) is 11.2. The number of nitrogens with zero attached hydrogens (tertiary/aromatic N) is 3. The maximum absolute atomic E-state index is 5.08. The highest BCUT2D eigenvalue weighted by atomic mass is 15.0. The van der Waals surface area contributed by atoms with Crippen molar-refractivity contribution in [3.05, 3.63) is 127 Å². The third kappa shape index (κ3) is 4.07. The van der Waals surface area contributed by atoms with E-state index in [9.17, 15) is 0 Å². The molecule has 3 nitrogen and oxygen atoms in total. The van der Waals surface area contributed by atoms with E-state index in [1.54, 1.807) is 0 Å². The Labute approximate surface area is 228 Å². The van der Waals surface area contributed by atoms with E-state index in [0.717, 1.165) is 50.3 Å². The third-order valence-corrected chi connectivity index (χ3v) is 7.51. The summed E-state index contributed by atoms with van der Waals surface area (Å²) in [6, 6.07) is 40.4. The van der Waals surface area contributed by atoms with Gasteiger partial charge in [-0.15, -0.1) is 0 Å². The minimum atomic E-state index is 0.00225. The normalized spacial score (nSPS) is 12.0. The van der Waals surface area contributed by atoms with Gasteiger partial charge < -0.3 is 0 Å². The summed E-state index contributed by atoms with van der Waals surface area (Å²) in [4.78, 5) is 10.1. The van der Waals surface area contributed by atoms with Crippen molar-refractivity contribution >= 4 is 27.5 Å². The first-order chi connectivity index (χ1) is 19.0. The molecule has 39 heavy (non-hydrogen) atoms. The standard InChI is InChI=1S/C36H29N3/c1-36(2,3)30-23-39-34-22-26(18-19-31(34)38-35(39)29-17-11-10-16-28(29)30)27-20-32(24-12-6-4-7-13-24)37-33(21-27)25-14-8-5-9-15-25/h4-23H,1-3H3. The summed E-state index contributed by atoms with van der Waals surface area (Å²) in [6.45, 7) is 6.83. The average Bonchev–Trinajstić information content (AvgIpc) is 3.35. The Kier molecular flexibility index (Phi) is 5.34. The van der Waals surface area contributed by atoms with Gasteiger partial charge in [0.05, 0.1) is 22.4 Å². The van der Waals surface area contributed by atoms with E-state index in [2.05, 4.69) is 134 Å². The molecule has 0 aliphatic heterocycles. The van der Waals surface area contributed by atoms with Crippen LogP contribution >= 0.6 is 0 Å². The maximum atomic E-state index is 5.08. The van der Waals surface area contributed by atoms with Gasteiger partial charge in [0.15, 0.2) is 0 Å². The summed E-state index contributed by atoms with van der Waals surface area (Å²) in [7, 11) is 0. The van der Waals surface area contributed by atoms with Gasteiger partial charge in [-0.1, -0.05) is 112 Å². The smallest absolute Gasteiger partial charge is 0.145 e. The van der Waals surface area contributed by atoms with Crippen LogP contribution in [0, 0.1) is 0 Å². The number of hydrogen-bond acceptors (Lipinski definition) is 2. The SMILES string of the molecule is CC(C)(C)c1cn2c3cc(-c4cc(-c5ccccc5)nc(-c5ccccc5)c4)ccc3nc2c2ccccc12. The molecule has 0 N–H and O–H groups in total. The molecule has 0 saturated heterocycles. The number of benzene rings is 4. The van der Waals surface area contributed by atoms with Crippen molar-refractivity contribution in [1.82, 2.24) is 14.4 Å². The van der Waals surface area contributed by atoms with Crippen molar-refractivity contribution in [2.45, 2.75) is 26.2 Å². The van der Waals surface area contributed by atoms with E-state index in [0.29, 0.717) is 0 Å². The lowest BCUT2D eigenvalue weighted by Crippen LogP contribution is -2.13. The fraction of sp³-hybridized carbons (Fsp3) is 0.111. The Bertz CT molecular complexity index is 1920. The van der Waals surface area contributed by atoms with Crippen LogP contribution in [-0.4, -0.2) is 14.4 Å². The maximum Gasteiger partial charge on any atom is 0.145 e. The molecule has 0 spiro atoms. The molecule has 3 heteroatoms. The molecule has 7 rings (SSSR count). The fourth-order valence-corrected chi connectivity index (χ4v) is 5.51. The Morgan fingerprint density at radius 2 is 1.13 bits per heavy atom. The van der Waals surface area contributed by atoms with Crippen LogP contribution in [0.1, 0.15) is 26.3 Å². The molecule has 3 heterocycles. The van der Waals surface area contributed by atoms with E-state index in [1.165, 1.54) is 16.3 Å². The number of rotatable bonds is 3. The van der Waals surface area contributed by atoms with Crippen molar-refractivity contribution < 1.29 is 0 Å². The highest BCUT2D eigenvalue weighted by molar-refractivity contribution is 6.00. The summed E-state index contributed by atoms with van der Waals surface area (Å²) in [5.74, 6) is 0. The van der Waals surface area contributed by atoms with Crippen LogP contribution in [0.5, 0.6) is 0 Å². The van der Waals surface area contributed by atoms with Gasteiger partial charge in [-0.3, -0.25) is 4.40 Å². The lowest BCUT2D eigenvalue weighted by molar-refractivity contribution is 0.593. The molecular weight excluding hydrogens is 474 g/mol. The van der Waals surface area contributed by atoms with Crippen LogP contribution in [0.4, 0.5) is 0 Å². The third-order valence-electron chi connectivity index (χ3n) is 7.51. The van der Waals surface area contributed by atoms with Crippen LogP contribution in [0.3, 0.4) is 0 Å². The molecule has 4 aromatic carbocycles. The van der Waals surface area contributed by atoms with Crippen LogP contribution in [0.2, 0.25) is 0 Å². The molecule has 0 unspecified atom stereocenters. The fourth-order valence-electron chi connectivity index (χ4n) is 5.51. The van der Waals surface area contributed by atoms with Gasteiger partial charge >= 0.3 is 0 Å². The summed E-state index contributed by atoms with van der Waals surface area (Å²) in [5.41, 5.74) is 10.8. The monoisotopic (exact) mass is 503 g/mol. The molecule has 0 atom stereocenters. The average molecular weight is 504 g/mol. The quantitative estimate of drug-likeness (QED) is 0.240. The van der Waals surface area contributed by atoms with Gasteiger partial charge in [-0.2, -0.15) is 0 Å². The van der Waals surface area contributed by atoms with Crippen molar-refractivity contribution in [1.29, 1.82) is 0 Å². The van der Waals surface area contributed by atoms with Gasteiger partial charge in [0.25, 0.3) is 0 Å². The molecule has 0 bridgehead atoms. The summed E-state index contributed by atoms with van der Waals surface area (Å²) in [5, 5.41) is 2.45. The molecule has 0 aliphatic carbocycles. The molecule has 0 radical (unpaired) electrons. The number of fused-ring (bicyclic) bond motifs is 5. The largest absolute Gasteiger partial charge is 0.299 e. The van der Waals surface area contributed by atoms with Crippen molar-refractivity contribution in [2.75, 3.05) is 0 Å². The Hall–Kier alpha value is -4.76. The van der Waals surface area contributed by atoms with Crippen LogP contribution in [-0.2, 0) is 5.41 Å². The van der Waals surface area contributed by atoms with Gasteiger partial charge in [0.1, 0.15) is 5.65 Å². The predicted octanol–water partition coefficient (Wildman–Crippen LogP) is 9.33. The second-order valence-corrected chi connectivity index (χ2v) is 11.2. The van der Waals surface area contributed by atoms with E-state index >= 15 is 0 Å². The first-order valence-corrected chi connectivity index (χ1v) is 13.4. The number of aromatic nitrogens is 3. The van der Waals surface area contributed by atoms with Gasteiger partial charge in [-0.25, -0.2) is 9.97 Å². The van der Waals surface area contributed by atoms with E-state index in [4.69, 9.17) is 9.97 Å². The van der Waals surface area contributed by atoms with E-state index < -0.39 is 0 Å². The van der Waals surface area contributed by atoms with Crippen LogP contribution < -0.4 is 0 Å². The molecular formula is C36H29N3. The van der Waals surface area contributed by atoms with Crippen molar-refractivity contribution in [3.63, 3.8) is 0 Å². The summed E-state index contributed by atoms with van der Waals surface area (Å²) in [6.07, 6.45) is 2.29. The zero-order chi connectivity index (χ0) is 26.6. The minimum Gasteiger partial charge on any atom is -0.299 e. The second kappa shape index (κ2) is 8.92. The number of imidazole rings is 1. The minimum absolute atomic E-state index is 0.00225. The zero-order valence-electron chi connectivity index (χ0n) is 22.4. The Morgan fingerprint density at radius 1 is 0.538 bits per heavy atom. The first kappa shape index (κ1) is 23.4. The van der Waals surface area contributed by atoms with Gasteiger partial charge in [-0.05, 0) is 51.8 Å². The lowest BCUT2D eigenvalue weighted by Gasteiger charge is -2.22. The summed E-state index contributed by atoms with van der Waals surface area (Å²) < 4.78 is 2.28. The Morgan fingerprint density at radius 3 is 1.74 bits per heavy atom. The predicted molar refractivity (Wildman–Crippen MR) is 163 cm³/mol. The van der Waals surface area contributed by atoms with E-state index in [1.807, 2.05) is 12.1 Å². The highest BCUT2D eigenvalue weighted by Gasteiger charge is 2.20. The van der Waals surface area contributed by atoms with Crippen molar-refractivity contribution in [3.8, 4) is 33.6 Å². The zero-order valence-corrected chi connectivity index (χ0v) is 22.4. The van der Waals surface area contributed by atoms with Crippen LogP contribution in [0.25, 0.3) is 61.1 Å². The number of hydrogen-bond donors (Lipinski definition) is 0. The highest BCUT2D eigenvalue weighted by Crippen LogP contribution is 2.36. The van der Waals surface area contributed by atoms with Gasteiger partial charge in [0, 0.05) is 22.7 Å². The van der Waals surface area contributed by atoms with Crippen molar-refractivity contribution in [2.24, 2.45) is 0 Å². The first-order valence-electron chi connectivity index (χ1n) is 13.4. The van der Waals surface area contributed by atoms with Gasteiger partial charge in [0.2, 0.25) is 0 Å². The molecule has 188 valence electrons. The molecule has 0 amide bonds. The topological polar surface area (TPSA) is 30.2 Å². The van der Waals surface area contributed by atoms with Crippen LogP contribution in [0.15, 0.2) is 121 Å². The molecule has 0 saturated carbocycles. The molecule has 7 aromatic rings. The molecule has 0 fully saturated rings. The molecule has 3 aromatic heterocycles. The lowest BCUT2D eigenvalue weighted by atomic mass is 9.85. The number of pyridine rings is 2. The summed E-state index contributed by atoms with van der Waals surface area (Å²) >= 11 is 0.